The quantitative estimate of drug-likeness (QED) is 0.208. The number of carbonyl (C=O) groups excluding carboxylic acids is 2. The van der Waals surface area contributed by atoms with Crippen LogP contribution in [0, 0.1) is 10.1 Å². The first-order valence-corrected chi connectivity index (χ1v) is 10.8. The topological polar surface area (TPSA) is 159 Å². The molecule has 0 bridgehead atoms. The standard InChI is InChI=1S/C25H20N6O5/c1-15(16-11-13-18(14-12-16)31(35)36)27-30-25(34)22(26-23(32)17-7-3-2-4-8-17)21-19-9-5-6-10-20(19)24(33)29-28-21/h2-14,22H,1H3,(H,26,32)(H,29,33)(H,30,34)/t22-/m1/s1. The number of rotatable bonds is 7. The fraction of sp³-hybridized carbons (Fsp3) is 0.0800. The molecular formula is C25H20N6O5. The SMILES string of the molecule is CC(=NNC(=O)[C@H](NC(=O)c1ccccc1)c1n[nH]c(=O)c2ccccc12)c1ccc([N+](=O)[O-])cc1. The molecule has 0 saturated carbocycles. The Morgan fingerprint density at radius 2 is 1.58 bits per heavy atom. The molecule has 0 unspecified atom stereocenters. The third-order valence-corrected chi connectivity index (χ3v) is 5.40. The second-order valence-corrected chi connectivity index (χ2v) is 7.73. The highest BCUT2D eigenvalue weighted by molar-refractivity contribution is 6.01. The first-order valence-electron chi connectivity index (χ1n) is 10.8. The average Bonchev–Trinajstić information content (AvgIpc) is 2.91. The van der Waals surface area contributed by atoms with Gasteiger partial charge in [-0.25, -0.2) is 10.5 Å². The number of nitrogens with one attached hydrogen (secondary N) is 3. The molecule has 180 valence electrons. The molecule has 36 heavy (non-hydrogen) atoms. The van der Waals surface area contributed by atoms with Crippen LogP contribution in [0.2, 0.25) is 0 Å². The van der Waals surface area contributed by atoms with Gasteiger partial charge in [-0.1, -0.05) is 36.4 Å². The fourth-order valence-corrected chi connectivity index (χ4v) is 3.51. The van der Waals surface area contributed by atoms with Gasteiger partial charge in [-0.05, 0) is 42.8 Å². The van der Waals surface area contributed by atoms with Gasteiger partial charge >= 0.3 is 0 Å². The first kappa shape index (κ1) is 24.0. The molecule has 0 aliphatic heterocycles. The number of nitro groups is 1. The number of hydrazone groups is 1. The smallest absolute Gasteiger partial charge is 0.272 e. The zero-order valence-corrected chi connectivity index (χ0v) is 19.0. The van der Waals surface area contributed by atoms with Crippen LogP contribution in [0.3, 0.4) is 0 Å². The van der Waals surface area contributed by atoms with Gasteiger partial charge in [0.05, 0.1) is 16.0 Å². The zero-order chi connectivity index (χ0) is 25.7. The second-order valence-electron chi connectivity index (χ2n) is 7.73. The minimum absolute atomic E-state index is 0.0738. The number of hydrogen-bond donors (Lipinski definition) is 3. The maximum Gasteiger partial charge on any atom is 0.272 e. The molecule has 3 N–H and O–H groups in total. The Kier molecular flexibility index (Phi) is 6.91. The number of nitrogens with zero attached hydrogens (tertiary/aromatic N) is 3. The van der Waals surface area contributed by atoms with Crippen LogP contribution in [0.5, 0.6) is 0 Å². The Labute approximate surface area is 204 Å². The summed E-state index contributed by atoms with van der Waals surface area (Å²) in [7, 11) is 0. The summed E-state index contributed by atoms with van der Waals surface area (Å²) in [5, 5.41) is 24.8. The van der Waals surface area contributed by atoms with E-state index in [1.165, 1.54) is 24.3 Å². The maximum absolute atomic E-state index is 13.3. The lowest BCUT2D eigenvalue weighted by Gasteiger charge is -2.18. The number of fused-ring (bicyclic) bond motifs is 1. The highest BCUT2D eigenvalue weighted by Gasteiger charge is 2.27. The monoisotopic (exact) mass is 484 g/mol. The highest BCUT2D eigenvalue weighted by atomic mass is 16.6. The summed E-state index contributed by atoms with van der Waals surface area (Å²) in [5.41, 5.74) is 3.31. The number of aromatic nitrogens is 2. The van der Waals surface area contributed by atoms with Gasteiger partial charge in [0.25, 0.3) is 23.1 Å². The van der Waals surface area contributed by atoms with Crippen LogP contribution in [-0.4, -0.2) is 32.6 Å². The number of carbonyl (C=O) groups is 2. The lowest BCUT2D eigenvalue weighted by molar-refractivity contribution is -0.384. The van der Waals surface area contributed by atoms with E-state index in [1.807, 2.05) is 0 Å². The van der Waals surface area contributed by atoms with Gasteiger partial charge < -0.3 is 5.32 Å². The summed E-state index contributed by atoms with van der Waals surface area (Å²) in [6.07, 6.45) is 0. The van der Waals surface area contributed by atoms with Gasteiger partial charge in [0.1, 0.15) is 5.69 Å². The molecule has 0 aliphatic rings. The van der Waals surface area contributed by atoms with E-state index in [2.05, 4.69) is 26.0 Å². The van der Waals surface area contributed by atoms with Crippen molar-refractivity contribution in [1.82, 2.24) is 20.9 Å². The molecule has 0 radical (unpaired) electrons. The van der Waals surface area contributed by atoms with Gasteiger partial charge in [-0.2, -0.15) is 10.2 Å². The summed E-state index contributed by atoms with van der Waals surface area (Å²) >= 11 is 0. The predicted octanol–water partition coefficient (Wildman–Crippen LogP) is 2.84. The van der Waals surface area contributed by atoms with Crippen molar-refractivity contribution >= 4 is 34.0 Å². The normalized spacial score (nSPS) is 12.1. The molecule has 0 saturated heterocycles. The summed E-state index contributed by atoms with van der Waals surface area (Å²) in [6, 6.07) is 19.3. The largest absolute Gasteiger partial charge is 0.335 e. The van der Waals surface area contributed by atoms with Gasteiger partial charge in [-0.3, -0.25) is 24.5 Å². The number of nitro benzene ring substituents is 1. The summed E-state index contributed by atoms with van der Waals surface area (Å²) in [4.78, 5) is 48.8. The van der Waals surface area contributed by atoms with Crippen molar-refractivity contribution in [2.45, 2.75) is 13.0 Å². The van der Waals surface area contributed by atoms with E-state index >= 15 is 0 Å². The fourth-order valence-electron chi connectivity index (χ4n) is 3.51. The van der Waals surface area contributed by atoms with Gasteiger partial charge in [0.2, 0.25) is 0 Å². The van der Waals surface area contributed by atoms with E-state index in [9.17, 15) is 24.5 Å². The molecule has 2 amide bonds. The molecule has 0 aliphatic carbocycles. The summed E-state index contributed by atoms with van der Waals surface area (Å²) in [6.45, 7) is 1.62. The van der Waals surface area contributed by atoms with Crippen molar-refractivity contribution < 1.29 is 14.5 Å². The Morgan fingerprint density at radius 3 is 2.25 bits per heavy atom. The number of H-pyrrole nitrogens is 1. The Balaban J connectivity index is 1.67. The number of non-ortho nitro benzene ring substituents is 1. The molecule has 11 heteroatoms. The van der Waals surface area contributed by atoms with Crippen LogP contribution >= 0.6 is 0 Å². The number of aromatic amines is 1. The number of benzene rings is 3. The van der Waals surface area contributed by atoms with E-state index in [1.54, 1.807) is 61.5 Å². The average molecular weight is 484 g/mol. The molecule has 4 rings (SSSR count). The van der Waals surface area contributed by atoms with E-state index in [0.29, 0.717) is 27.6 Å². The first-order chi connectivity index (χ1) is 17.3. The number of amides is 2. The van der Waals surface area contributed by atoms with Crippen molar-refractivity contribution in [1.29, 1.82) is 0 Å². The minimum Gasteiger partial charge on any atom is -0.335 e. The van der Waals surface area contributed by atoms with Crippen LogP contribution in [0.1, 0.15) is 34.6 Å². The lowest BCUT2D eigenvalue weighted by atomic mass is 10.0. The van der Waals surface area contributed by atoms with Crippen molar-refractivity contribution in [2.24, 2.45) is 5.10 Å². The van der Waals surface area contributed by atoms with Gasteiger partial charge in [0, 0.05) is 23.1 Å². The molecular weight excluding hydrogens is 464 g/mol. The van der Waals surface area contributed by atoms with E-state index in [-0.39, 0.29) is 11.4 Å². The van der Waals surface area contributed by atoms with Crippen LogP contribution < -0.4 is 16.3 Å². The Morgan fingerprint density at radius 1 is 0.944 bits per heavy atom. The molecule has 0 fully saturated rings. The van der Waals surface area contributed by atoms with Crippen molar-refractivity contribution in [3.05, 3.63) is 116 Å². The van der Waals surface area contributed by atoms with Crippen molar-refractivity contribution in [3.63, 3.8) is 0 Å². The zero-order valence-electron chi connectivity index (χ0n) is 19.0. The Bertz CT molecular complexity index is 1530. The van der Waals surface area contributed by atoms with Gasteiger partial charge in [-0.15, -0.1) is 0 Å². The van der Waals surface area contributed by atoms with Gasteiger partial charge in [0.15, 0.2) is 6.04 Å². The van der Waals surface area contributed by atoms with Crippen molar-refractivity contribution in [2.75, 3.05) is 0 Å². The minimum atomic E-state index is -1.30. The molecule has 11 nitrogen and oxygen atoms in total. The van der Waals surface area contributed by atoms with E-state index < -0.39 is 28.3 Å². The molecule has 4 aromatic rings. The molecule has 1 aromatic heterocycles. The van der Waals surface area contributed by atoms with E-state index in [0.717, 1.165) is 0 Å². The van der Waals surface area contributed by atoms with E-state index in [4.69, 9.17) is 0 Å². The van der Waals surface area contributed by atoms with Crippen LogP contribution in [0.15, 0.2) is 88.8 Å². The lowest BCUT2D eigenvalue weighted by Crippen LogP contribution is -2.40. The molecule has 3 aromatic carbocycles. The van der Waals surface area contributed by atoms with Crippen LogP contribution in [0.4, 0.5) is 5.69 Å². The highest BCUT2D eigenvalue weighted by Crippen LogP contribution is 2.20. The number of hydrogen-bond acceptors (Lipinski definition) is 7. The predicted molar refractivity (Wildman–Crippen MR) is 132 cm³/mol. The third-order valence-electron chi connectivity index (χ3n) is 5.40. The van der Waals surface area contributed by atoms with Crippen LogP contribution in [0.25, 0.3) is 10.8 Å². The van der Waals surface area contributed by atoms with Crippen molar-refractivity contribution in [3.8, 4) is 0 Å². The van der Waals surface area contributed by atoms with Crippen LogP contribution in [-0.2, 0) is 4.79 Å². The Hall–Kier alpha value is -5.19. The second kappa shape index (κ2) is 10.4. The summed E-state index contributed by atoms with van der Waals surface area (Å²) in [5.74, 6) is -1.23. The molecule has 0 spiro atoms. The molecule has 1 atom stereocenters. The third kappa shape index (κ3) is 5.14. The summed E-state index contributed by atoms with van der Waals surface area (Å²) < 4.78 is 0. The molecule has 1 heterocycles. The maximum atomic E-state index is 13.3.